The van der Waals surface area contributed by atoms with E-state index in [4.69, 9.17) is 5.11 Å². The highest BCUT2D eigenvalue weighted by molar-refractivity contribution is 5.88. The molecule has 0 aromatic heterocycles. The van der Waals surface area contributed by atoms with Gasteiger partial charge in [-0.2, -0.15) is 0 Å². The summed E-state index contributed by atoms with van der Waals surface area (Å²) in [5.41, 5.74) is 1.51. The molecular weight excluding hydrogens is 240 g/mol. The lowest BCUT2D eigenvalue weighted by atomic mass is 10.1. The second kappa shape index (κ2) is 5.21. The monoisotopic (exact) mass is 260 g/mol. The number of rotatable bonds is 2. The lowest BCUT2D eigenvalue weighted by Gasteiger charge is -2.27. The molecule has 1 aromatic carbocycles. The maximum Gasteiger partial charge on any atom is 0.335 e. The number of fused-ring (bicyclic) bond motifs is 1. The predicted octanol–water partition coefficient (Wildman–Crippen LogP) is 2.06. The second-order valence-corrected chi connectivity index (χ2v) is 5.48. The molecule has 4 nitrogen and oxygen atoms in total. The Labute approximate surface area is 113 Å². The predicted molar refractivity (Wildman–Crippen MR) is 74.8 cm³/mol. The van der Waals surface area contributed by atoms with Gasteiger partial charge in [0.2, 0.25) is 0 Å². The minimum absolute atomic E-state index is 0.362. The molecule has 1 atom stereocenters. The van der Waals surface area contributed by atoms with Gasteiger partial charge in [0.15, 0.2) is 0 Å². The average molecular weight is 260 g/mol. The molecule has 3 rings (SSSR count). The fourth-order valence-electron chi connectivity index (χ4n) is 3.26. The highest BCUT2D eigenvalue weighted by Gasteiger charge is 2.28. The van der Waals surface area contributed by atoms with Crippen LogP contribution in [0.5, 0.6) is 0 Å². The fraction of sp³-hybridized carbons (Fsp3) is 0.533. The molecule has 1 aromatic rings. The maximum absolute atomic E-state index is 10.9. The third-order valence-electron chi connectivity index (χ3n) is 4.28. The first-order valence-electron chi connectivity index (χ1n) is 7.06. The van der Waals surface area contributed by atoms with Crippen LogP contribution < -0.4 is 4.90 Å². The van der Waals surface area contributed by atoms with Crippen LogP contribution in [0.3, 0.4) is 0 Å². The van der Waals surface area contributed by atoms with Gasteiger partial charge in [0, 0.05) is 31.4 Å². The molecule has 1 N–H and O–H groups in total. The number of nitrogens with zero attached hydrogens (tertiary/aromatic N) is 2. The first-order valence-corrected chi connectivity index (χ1v) is 7.06. The summed E-state index contributed by atoms with van der Waals surface area (Å²) in [4.78, 5) is 15.9. The second-order valence-electron chi connectivity index (χ2n) is 5.48. The van der Waals surface area contributed by atoms with Crippen molar-refractivity contribution in [1.82, 2.24) is 4.90 Å². The molecule has 2 heterocycles. The van der Waals surface area contributed by atoms with Crippen LogP contribution in [0.2, 0.25) is 0 Å². The molecule has 102 valence electrons. The number of benzene rings is 1. The lowest BCUT2D eigenvalue weighted by Crippen LogP contribution is -2.36. The minimum atomic E-state index is -0.857. The van der Waals surface area contributed by atoms with Crippen LogP contribution in [0.15, 0.2) is 24.3 Å². The van der Waals surface area contributed by atoms with Crippen LogP contribution in [-0.2, 0) is 0 Å². The summed E-state index contributed by atoms with van der Waals surface area (Å²) in [5, 5.41) is 8.93. The van der Waals surface area contributed by atoms with E-state index in [1.54, 1.807) is 12.1 Å². The Hall–Kier alpha value is -1.55. The molecule has 0 amide bonds. The molecule has 2 saturated heterocycles. The van der Waals surface area contributed by atoms with Crippen LogP contribution in [0, 0.1) is 0 Å². The summed E-state index contributed by atoms with van der Waals surface area (Å²) in [7, 11) is 0. The largest absolute Gasteiger partial charge is 0.478 e. The van der Waals surface area contributed by atoms with E-state index in [2.05, 4.69) is 9.80 Å². The van der Waals surface area contributed by atoms with Crippen molar-refractivity contribution < 1.29 is 9.90 Å². The molecule has 2 fully saturated rings. The summed E-state index contributed by atoms with van der Waals surface area (Å²) >= 11 is 0. The molecule has 1 unspecified atom stereocenters. The van der Waals surface area contributed by atoms with Crippen molar-refractivity contribution in [3.63, 3.8) is 0 Å². The Morgan fingerprint density at radius 2 is 1.84 bits per heavy atom. The highest BCUT2D eigenvalue weighted by atomic mass is 16.4. The van der Waals surface area contributed by atoms with Crippen LogP contribution >= 0.6 is 0 Å². The molecule has 0 radical (unpaired) electrons. The van der Waals surface area contributed by atoms with Crippen molar-refractivity contribution in [1.29, 1.82) is 0 Å². The Morgan fingerprint density at radius 3 is 2.58 bits per heavy atom. The van der Waals surface area contributed by atoms with Gasteiger partial charge in [-0.25, -0.2) is 4.79 Å². The van der Waals surface area contributed by atoms with Gasteiger partial charge in [-0.3, -0.25) is 4.90 Å². The number of hydrogen-bond acceptors (Lipinski definition) is 3. The van der Waals surface area contributed by atoms with E-state index in [0.29, 0.717) is 11.6 Å². The van der Waals surface area contributed by atoms with Crippen molar-refractivity contribution in [2.24, 2.45) is 0 Å². The van der Waals surface area contributed by atoms with Crippen LogP contribution in [0.4, 0.5) is 5.69 Å². The SMILES string of the molecule is O=C(O)c1ccc(N2CCCN3CCCC3C2)cc1. The number of anilines is 1. The molecule has 0 saturated carbocycles. The van der Waals surface area contributed by atoms with Crippen LogP contribution in [-0.4, -0.2) is 48.2 Å². The quantitative estimate of drug-likeness (QED) is 0.884. The van der Waals surface area contributed by atoms with Crippen molar-refractivity contribution in [3.05, 3.63) is 29.8 Å². The van der Waals surface area contributed by atoms with E-state index in [9.17, 15) is 4.79 Å². The normalized spacial score (nSPS) is 24.0. The molecule has 0 spiro atoms. The number of carboxylic acids is 1. The van der Waals surface area contributed by atoms with Crippen molar-refractivity contribution in [2.75, 3.05) is 31.1 Å². The van der Waals surface area contributed by atoms with Crippen LogP contribution in [0.1, 0.15) is 29.6 Å². The molecule has 2 aliphatic rings. The molecule has 4 heteroatoms. The van der Waals surface area contributed by atoms with E-state index < -0.39 is 5.97 Å². The zero-order valence-corrected chi connectivity index (χ0v) is 11.1. The average Bonchev–Trinajstić information content (AvgIpc) is 2.76. The number of aromatic carboxylic acids is 1. The fourth-order valence-corrected chi connectivity index (χ4v) is 3.26. The van der Waals surface area contributed by atoms with E-state index in [0.717, 1.165) is 18.8 Å². The third-order valence-corrected chi connectivity index (χ3v) is 4.28. The van der Waals surface area contributed by atoms with E-state index in [-0.39, 0.29) is 0 Å². The van der Waals surface area contributed by atoms with E-state index in [1.165, 1.54) is 32.4 Å². The summed E-state index contributed by atoms with van der Waals surface area (Å²) in [6.45, 7) is 4.59. The van der Waals surface area contributed by atoms with Crippen LogP contribution in [0.25, 0.3) is 0 Å². The number of carbonyl (C=O) groups is 1. The Bertz CT molecular complexity index is 458. The Morgan fingerprint density at radius 1 is 1.11 bits per heavy atom. The topological polar surface area (TPSA) is 43.8 Å². The minimum Gasteiger partial charge on any atom is -0.478 e. The van der Waals surface area contributed by atoms with Gasteiger partial charge in [-0.1, -0.05) is 0 Å². The first kappa shape index (κ1) is 12.5. The molecule has 19 heavy (non-hydrogen) atoms. The number of hydrogen-bond donors (Lipinski definition) is 1. The standard InChI is InChI=1S/C15H20N2O2/c18-15(19)12-4-6-13(7-5-12)17-10-2-9-16-8-1-3-14(16)11-17/h4-7,14H,1-3,8-11H2,(H,18,19). The first-order chi connectivity index (χ1) is 9.24. The van der Waals surface area contributed by atoms with Crippen molar-refractivity contribution in [2.45, 2.75) is 25.3 Å². The molecule has 0 aliphatic carbocycles. The lowest BCUT2D eigenvalue weighted by molar-refractivity contribution is 0.0697. The molecule has 0 bridgehead atoms. The molecular formula is C15H20N2O2. The van der Waals surface area contributed by atoms with Gasteiger partial charge in [-0.15, -0.1) is 0 Å². The molecule has 2 aliphatic heterocycles. The summed E-state index contributed by atoms with van der Waals surface area (Å²) in [5.74, 6) is -0.857. The highest BCUT2D eigenvalue weighted by Crippen LogP contribution is 2.25. The Balaban J connectivity index is 1.75. The zero-order chi connectivity index (χ0) is 13.2. The summed E-state index contributed by atoms with van der Waals surface area (Å²) in [6.07, 6.45) is 3.80. The zero-order valence-electron chi connectivity index (χ0n) is 11.1. The summed E-state index contributed by atoms with van der Waals surface area (Å²) in [6, 6.07) is 7.97. The van der Waals surface area contributed by atoms with Gasteiger partial charge in [0.25, 0.3) is 0 Å². The maximum atomic E-state index is 10.9. The summed E-state index contributed by atoms with van der Waals surface area (Å²) < 4.78 is 0. The van der Waals surface area contributed by atoms with E-state index >= 15 is 0 Å². The van der Waals surface area contributed by atoms with E-state index in [1.807, 2.05) is 12.1 Å². The van der Waals surface area contributed by atoms with Gasteiger partial charge >= 0.3 is 5.97 Å². The Kier molecular flexibility index (Phi) is 3.42. The number of carboxylic acid groups (broad SMARTS) is 1. The third kappa shape index (κ3) is 2.59. The van der Waals surface area contributed by atoms with Crippen molar-refractivity contribution in [3.8, 4) is 0 Å². The van der Waals surface area contributed by atoms with Gasteiger partial charge < -0.3 is 10.0 Å². The van der Waals surface area contributed by atoms with Gasteiger partial charge in [-0.05, 0) is 50.1 Å². The van der Waals surface area contributed by atoms with Gasteiger partial charge in [0.05, 0.1) is 5.56 Å². The smallest absolute Gasteiger partial charge is 0.335 e. The van der Waals surface area contributed by atoms with Gasteiger partial charge in [0.1, 0.15) is 0 Å². The van der Waals surface area contributed by atoms with Crippen molar-refractivity contribution >= 4 is 11.7 Å².